The van der Waals surface area contributed by atoms with Crippen LogP contribution >= 0.6 is 0 Å². The molecule has 0 saturated carbocycles. The highest BCUT2D eigenvalue weighted by atomic mass is 16.6. The number of esters is 1. The first-order valence-corrected chi connectivity index (χ1v) is 12.1. The number of aliphatic carboxylic acids is 2. The summed E-state index contributed by atoms with van der Waals surface area (Å²) in [6, 6.07) is 13.1. The zero-order valence-corrected chi connectivity index (χ0v) is 21.8. The van der Waals surface area contributed by atoms with Gasteiger partial charge in [0.25, 0.3) is 0 Å². The number of hydrogen-bond donors (Lipinski definition) is 4. The molecule has 0 aliphatic carbocycles. The molecule has 1 aliphatic rings. The fourth-order valence-corrected chi connectivity index (χ4v) is 4.10. The zero-order valence-electron chi connectivity index (χ0n) is 21.8. The van der Waals surface area contributed by atoms with Crippen LogP contribution in [0.25, 0.3) is 6.08 Å². The van der Waals surface area contributed by atoms with Crippen LogP contribution in [0, 0.1) is 0 Å². The molecule has 12 nitrogen and oxygen atoms in total. The van der Waals surface area contributed by atoms with Gasteiger partial charge in [-0.3, -0.25) is 0 Å². The van der Waals surface area contributed by atoms with Gasteiger partial charge >= 0.3 is 17.9 Å². The largest absolute Gasteiger partial charge is 0.504 e. The predicted octanol–water partition coefficient (Wildman–Crippen LogP) is 3.33. The Balaban J connectivity index is 1.47. The molecule has 0 amide bonds. The standard InChI is InChI=1S/C29H26O12/c1-37-21-12-16(3-7-18(21)30)13-24(28(33)34)39-25(32)10-5-15-4-9-20-23(11-15)41-27(29(35)36)26(40-20)17-6-8-19(31)22(14-17)38-2/h3-12,14,24,26-27,30-31H,13H2,1-2H3,(H,33,34)(H,35,36). The summed E-state index contributed by atoms with van der Waals surface area (Å²) in [6.07, 6.45) is -1.78. The van der Waals surface area contributed by atoms with Crippen molar-refractivity contribution >= 4 is 24.0 Å². The van der Waals surface area contributed by atoms with E-state index in [-0.39, 0.29) is 40.9 Å². The molecule has 0 fully saturated rings. The van der Waals surface area contributed by atoms with Crippen LogP contribution in [0.2, 0.25) is 0 Å². The molecule has 4 rings (SSSR count). The number of methoxy groups -OCH3 is 2. The number of rotatable bonds is 10. The summed E-state index contributed by atoms with van der Waals surface area (Å²) in [5.74, 6) is -3.17. The second-order valence-electron chi connectivity index (χ2n) is 8.86. The van der Waals surface area contributed by atoms with Crippen molar-refractivity contribution in [1.82, 2.24) is 0 Å². The van der Waals surface area contributed by atoms with Gasteiger partial charge in [0.1, 0.15) is 0 Å². The lowest BCUT2D eigenvalue weighted by Gasteiger charge is -2.32. The highest BCUT2D eigenvalue weighted by Crippen LogP contribution is 2.42. The molecule has 3 unspecified atom stereocenters. The van der Waals surface area contributed by atoms with Gasteiger partial charge in [-0.1, -0.05) is 18.2 Å². The number of phenolic OH excluding ortho intramolecular Hbond substituents is 2. The van der Waals surface area contributed by atoms with Crippen molar-refractivity contribution in [2.24, 2.45) is 0 Å². The molecule has 3 atom stereocenters. The van der Waals surface area contributed by atoms with Gasteiger partial charge in [-0.25, -0.2) is 14.4 Å². The van der Waals surface area contributed by atoms with Crippen LogP contribution in [0.4, 0.5) is 0 Å². The minimum Gasteiger partial charge on any atom is -0.504 e. The number of carbonyl (C=O) groups excluding carboxylic acids is 1. The molecule has 3 aromatic carbocycles. The number of carboxylic acids is 2. The van der Waals surface area contributed by atoms with E-state index in [9.17, 15) is 34.8 Å². The van der Waals surface area contributed by atoms with Crippen molar-refractivity contribution in [2.75, 3.05) is 14.2 Å². The normalized spacial score (nSPS) is 16.5. The van der Waals surface area contributed by atoms with Crippen LogP contribution in [-0.2, 0) is 25.5 Å². The minimum absolute atomic E-state index is 0.111. The van der Waals surface area contributed by atoms with Gasteiger partial charge in [-0.15, -0.1) is 0 Å². The van der Waals surface area contributed by atoms with Crippen molar-refractivity contribution < 1.29 is 58.5 Å². The molecule has 0 radical (unpaired) electrons. The third-order valence-corrected chi connectivity index (χ3v) is 6.14. The maximum absolute atomic E-state index is 12.4. The lowest BCUT2D eigenvalue weighted by molar-refractivity contribution is -0.160. The Hall–Kier alpha value is -5.39. The van der Waals surface area contributed by atoms with E-state index in [0.29, 0.717) is 16.7 Å². The molecule has 0 bridgehead atoms. The van der Waals surface area contributed by atoms with Crippen LogP contribution < -0.4 is 18.9 Å². The summed E-state index contributed by atoms with van der Waals surface area (Å²) in [7, 11) is 2.71. The van der Waals surface area contributed by atoms with E-state index in [1.165, 1.54) is 68.8 Å². The number of carboxylic acid groups (broad SMARTS) is 2. The van der Waals surface area contributed by atoms with E-state index < -0.39 is 36.2 Å². The van der Waals surface area contributed by atoms with Crippen molar-refractivity contribution in [1.29, 1.82) is 0 Å². The molecular formula is C29H26O12. The Morgan fingerprint density at radius 1 is 0.878 bits per heavy atom. The number of aromatic hydroxyl groups is 2. The number of hydrogen-bond acceptors (Lipinski definition) is 10. The van der Waals surface area contributed by atoms with E-state index in [2.05, 4.69) is 0 Å². The maximum Gasteiger partial charge on any atom is 0.349 e. The van der Waals surface area contributed by atoms with Gasteiger partial charge in [-0.05, 0) is 53.6 Å². The number of benzene rings is 3. The van der Waals surface area contributed by atoms with Gasteiger partial charge < -0.3 is 44.1 Å². The quantitative estimate of drug-likeness (QED) is 0.208. The topological polar surface area (TPSA) is 178 Å². The Morgan fingerprint density at radius 3 is 2.22 bits per heavy atom. The lowest BCUT2D eigenvalue weighted by atomic mass is 10.0. The molecule has 1 heterocycles. The molecule has 1 aliphatic heterocycles. The van der Waals surface area contributed by atoms with Gasteiger partial charge in [0.05, 0.1) is 14.2 Å². The number of carbonyl (C=O) groups is 3. The summed E-state index contributed by atoms with van der Waals surface area (Å²) in [5, 5.41) is 38.9. The van der Waals surface area contributed by atoms with Gasteiger partial charge in [0.2, 0.25) is 12.2 Å². The summed E-state index contributed by atoms with van der Waals surface area (Å²) in [5.41, 5.74) is 1.30. The maximum atomic E-state index is 12.4. The van der Waals surface area contributed by atoms with Crippen LogP contribution in [0.5, 0.6) is 34.5 Å². The summed E-state index contributed by atoms with van der Waals surface area (Å²) >= 11 is 0. The van der Waals surface area contributed by atoms with Crippen molar-refractivity contribution in [3.8, 4) is 34.5 Å². The molecule has 12 heteroatoms. The highest BCUT2D eigenvalue weighted by Gasteiger charge is 2.38. The average Bonchev–Trinajstić information content (AvgIpc) is 2.96. The van der Waals surface area contributed by atoms with E-state index >= 15 is 0 Å². The number of fused-ring (bicyclic) bond motifs is 1. The first-order valence-electron chi connectivity index (χ1n) is 12.1. The van der Waals surface area contributed by atoms with Crippen molar-refractivity contribution in [3.05, 3.63) is 77.4 Å². The molecule has 214 valence electrons. The molecule has 41 heavy (non-hydrogen) atoms. The number of phenols is 2. The molecule has 0 spiro atoms. The van der Waals surface area contributed by atoms with Crippen molar-refractivity contribution in [3.63, 3.8) is 0 Å². The Bertz CT molecular complexity index is 1500. The monoisotopic (exact) mass is 566 g/mol. The SMILES string of the molecule is COc1cc(CC(OC(=O)C=Cc2ccc3c(c2)OC(C(=O)O)C(c2ccc(O)c(OC)c2)O3)C(=O)O)ccc1O. The second kappa shape index (κ2) is 12.2. The molecule has 4 N–H and O–H groups in total. The zero-order chi connectivity index (χ0) is 29.7. The van der Waals surface area contributed by atoms with Crippen LogP contribution in [0.15, 0.2) is 60.7 Å². The smallest absolute Gasteiger partial charge is 0.349 e. The highest BCUT2D eigenvalue weighted by molar-refractivity contribution is 5.89. The third-order valence-electron chi connectivity index (χ3n) is 6.14. The van der Waals surface area contributed by atoms with E-state index in [4.69, 9.17) is 23.7 Å². The Labute approximate surface area is 233 Å². The van der Waals surface area contributed by atoms with E-state index in [1.807, 2.05) is 0 Å². The van der Waals surface area contributed by atoms with Crippen LogP contribution in [0.1, 0.15) is 22.8 Å². The van der Waals surface area contributed by atoms with Gasteiger partial charge in [-0.2, -0.15) is 0 Å². The summed E-state index contributed by atoms with van der Waals surface area (Å²) in [4.78, 5) is 36.1. The summed E-state index contributed by atoms with van der Waals surface area (Å²) < 4.78 is 26.9. The first kappa shape index (κ1) is 28.6. The van der Waals surface area contributed by atoms with Gasteiger partial charge in [0.15, 0.2) is 40.6 Å². The lowest BCUT2D eigenvalue weighted by Crippen LogP contribution is -2.39. The van der Waals surface area contributed by atoms with E-state index in [0.717, 1.165) is 6.08 Å². The van der Waals surface area contributed by atoms with Gasteiger partial charge in [0, 0.05) is 18.1 Å². The molecule has 0 aromatic heterocycles. The van der Waals surface area contributed by atoms with Crippen LogP contribution in [-0.4, -0.2) is 64.8 Å². The third kappa shape index (κ3) is 6.61. The predicted molar refractivity (Wildman–Crippen MR) is 141 cm³/mol. The summed E-state index contributed by atoms with van der Waals surface area (Å²) in [6.45, 7) is 0. The Morgan fingerprint density at radius 2 is 1.56 bits per heavy atom. The average molecular weight is 567 g/mol. The molecule has 3 aromatic rings. The first-order chi connectivity index (χ1) is 19.6. The Kier molecular flexibility index (Phi) is 8.51. The van der Waals surface area contributed by atoms with Crippen LogP contribution in [0.3, 0.4) is 0 Å². The minimum atomic E-state index is -1.51. The van der Waals surface area contributed by atoms with E-state index in [1.54, 1.807) is 6.07 Å². The fraction of sp³-hybridized carbons (Fsp3) is 0.207. The fourth-order valence-electron chi connectivity index (χ4n) is 4.10. The van der Waals surface area contributed by atoms with Crippen molar-refractivity contribution in [2.45, 2.75) is 24.7 Å². The second-order valence-corrected chi connectivity index (χ2v) is 8.86. The molecule has 0 saturated heterocycles. The molecular weight excluding hydrogens is 540 g/mol. The number of ether oxygens (including phenoxy) is 5.